The van der Waals surface area contributed by atoms with Gasteiger partial charge in [-0.15, -0.1) is 0 Å². The van der Waals surface area contributed by atoms with Gasteiger partial charge in [0.15, 0.2) is 5.78 Å². The fraction of sp³-hybridized carbons (Fsp3) is 0.350. The Morgan fingerprint density at radius 1 is 1.03 bits per heavy atom. The van der Waals surface area contributed by atoms with E-state index in [1.54, 1.807) is 18.2 Å². The number of benzene rings is 2. The molecule has 0 radical (unpaired) electrons. The molecule has 1 aliphatic rings. The minimum atomic E-state index is -3.64. The third-order valence-electron chi connectivity index (χ3n) is 4.87. The number of hydrogen-bond acceptors (Lipinski definition) is 6. The largest absolute Gasteiger partial charge is 0.377 e. The quantitative estimate of drug-likeness (QED) is 0.420. The first-order valence-electron chi connectivity index (χ1n) is 9.50. The molecule has 0 aliphatic carbocycles. The molecule has 0 bridgehead atoms. The van der Waals surface area contributed by atoms with E-state index in [9.17, 15) is 23.3 Å². The molecular formula is C20H23N3O5S. The number of carbonyl (C=O) groups excluding carboxylic acids is 1. The van der Waals surface area contributed by atoms with Crippen LogP contribution in [-0.4, -0.2) is 43.1 Å². The molecule has 1 aliphatic heterocycles. The van der Waals surface area contributed by atoms with Crippen LogP contribution < -0.4 is 5.32 Å². The van der Waals surface area contributed by atoms with Gasteiger partial charge in [-0.1, -0.05) is 31.0 Å². The Morgan fingerprint density at radius 3 is 2.41 bits per heavy atom. The Balaban J connectivity index is 1.72. The van der Waals surface area contributed by atoms with Crippen molar-refractivity contribution in [2.24, 2.45) is 0 Å². The molecule has 2 aromatic carbocycles. The van der Waals surface area contributed by atoms with Crippen LogP contribution in [-0.2, 0) is 10.0 Å². The van der Waals surface area contributed by atoms with Gasteiger partial charge in [-0.25, -0.2) is 8.42 Å². The molecule has 0 aromatic heterocycles. The maximum absolute atomic E-state index is 12.9. The lowest BCUT2D eigenvalue weighted by atomic mass is 10.1. The molecule has 0 saturated carbocycles. The van der Waals surface area contributed by atoms with Crippen molar-refractivity contribution in [2.45, 2.75) is 30.6 Å². The molecule has 8 nitrogen and oxygen atoms in total. The highest BCUT2D eigenvalue weighted by Gasteiger charge is 2.25. The van der Waals surface area contributed by atoms with Crippen LogP contribution in [0.1, 0.15) is 36.0 Å². The third kappa shape index (κ3) is 5.18. The summed E-state index contributed by atoms with van der Waals surface area (Å²) in [6.45, 7) is 0.887. The number of nitrogens with one attached hydrogen (secondary N) is 1. The van der Waals surface area contributed by atoms with Crippen LogP contribution in [0.15, 0.2) is 53.4 Å². The van der Waals surface area contributed by atoms with E-state index in [0.29, 0.717) is 18.8 Å². The molecule has 1 N–H and O–H groups in total. The predicted octanol–water partition coefficient (Wildman–Crippen LogP) is 3.45. The second-order valence-electron chi connectivity index (χ2n) is 6.93. The van der Waals surface area contributed by atoms with Crippen molar-refractivity contribution in [3.63, 3.8) is 0 Å². The molecule has 1 fully saturated rings. The number of nitro groups is 1. The van der Waals surface area contributed by atoms with E-state index in [4.69, 9.17) is 0 Å². The van der Waals surface area contributed by atoms with E-state index in [1.165, 1.54) is 34.6 Å². The van der Waals surface area contributed by atoms with Gasteiger partial charge in [-0.2, -0.15) is 4.31 Å². The highest BCUT2D eigenvalue weighted by atomic mass is 32.2. The number of ketones is 1. The monoisotopic (exact) mass is 417 g/mol. The van der Waals surface area contributed by atoms with Crippen molar-refractivity contribution < 1.29 is 18.1 Å². The van der Waals surface area contributed by atoms with E-state index in [-0.39, 0.29) is 28.5 Å². The first-order chi connectivity index (χ1) is 13.9. The summed E-state index contributed by atoms with van der Waals surface area (Å²) in [6.07, 6.45) is 3.72. The number of rotatable bonds is 7. The number of Topliss-reactive ketones (excluding diaryl/α,β-unsaturated/α-hetero) is 1. The first-order valence-corrected chi connectivity index (χ1v) is 10.9. The minimum absolute atomic E-state index is 0.0759. The lowest BCUT2D eigenvalue weighted by molar-refractivity contribution is -0.384. The second kappa shape index (κ2) is 9.15. The highest BCUT2D eigenvalue weighted by Crippen LogP contribution is 2.22. The van der Waals surface area contributed by atoms with E-state index in [0.717, 1.165) is 25.7 Å². The zero-order valence-corrected chi connectivity index (χ0v) is 16.7. The van der Waals surface area contributed by atoms with Crippen molar-refractivity contribution in [3.05, 3.63) is 64.2 Å². The average molecular weight is 417 g/mol. The Labute approximate surface area is 169 Å². The summed E-state index contributed by atoms with van der Waals surface area (Å²) < 4.78 is 27.4. The van der Waals surface area contributed by atoms with Gasteiger partial charge in [0, 0.05) is 36.5 Å². The standard InChI is InChI=1S/C20H23N3O5S/c24-20(15-21-17-8-6-9-18(14-17)23(25)26)16-7-5-10-19(13-16)29(27,28)22-11-3-1-2-4-12-22/h5-10,13-14,21H,1-4,11-12,15H2. The van der Waals surface area contributed by atoms with Crippen LogP contribution in [0.5, 0.6) is 0 Å². The molecule has 1 heterocycles. The van der Waals surface area contributed by atoms with Gasteiger partial charge >= 0.3 is 0 Å². The number of carbonyl (C=O) groups is 1. The molecule has 154 valence electrons. The molecule has 9 heteroatoms. The molecule has 2 aromatic rings. The Bertz CT molecular complexity index is 999. The number of nitrogens with zero attached hydrogens (tertiary/aromatic N) is 2. The maximum Gasteiger partial charge on any atom is 0.271 e. The highest BCUT2D eigenvalue weighted by molar-refractivity contribution is 7.89. The molecule has 0 unspecified atom stereocenters. The first kappa shape index (κ1) is 20.9. The van der Waals surface area contributed by atoms with Gasteiger partial charge in [-0.3, -0.25) is 14.9 Å². The van der Waals surface area contributed by atoms with E-state index in [1.807, 2.05) is 0 Å². The van der Waals surface area contributed by atoms with E-state index in [2.05, 4.69) is 5.32 Å². The number of hydrogen-bond donors (Lipinski definition) is 1. The van der Waals surface area contributed by atoms with Crippen LogP contribution >= 0.6 is 0 Å². The summed E-state index contributed by atoms with van der Waals surface area (Å²) in [7, 11) is -3.64. The predicted molar refractivity (Wildman–Crippen MR) is 110 cm³/mol. The number of anilines is 1. The topological polar surface area (TPSA) is 110 Å². The second-order valence-corrected chi connectivity index (χ2v) is 8.87. The molecular weight excluding hydrogens is 394 g/mol. The Hall–Kier alpha value is -2.78. The van der Waals surface area contributed by atoms with Gasteiger partial charge in [0.1, 0.15) is 0 Å². The summed E-state index contributed by atoms with van der Waals surface area (Å²) >= 11 is 0. The summed E-state index contributed by atoms with van der Waals surface area (Å²) in [5.41, 5.74) is 0.646. The van der Waals surface area contributed by atoms with E-state index < -0.39 is 14.9 Å². The van der Waals surface area contributed by atoms with Crippen molar-refractivity contribution in [1.29, 1.82) is 0 Å². The molecule has 0 atom stereocenters. The van der Waals surface area contributed by atoms with Crippen molar-refractivity contribution in [1.82, 2.24) is 4.31 Å². The van der Waals surface area contributed by atoms with Crippen LogP contribution in [0, 0.1) is 10.1 Å². The summed E-state index contributed by atoms with van der Waals surface area (Å²) in [5.74, 6) is -0.301. The van der Waals surface area contributed by atoms with E-state index >= 15 is 0 Å². The maximum atomic E-state index is 12.9. The molecule has 1 saturated heterocycles. The van der Waals surface area contributed by atoms with Gasteiger partial charge in [0.05, 0.1) is 16.4 Å². The zero-order chi connectivity index (χ0) is 20.9. The summed E-state index contributed by atoms with van der Waals surface area (Å²) in [6, 6.07) is 11.9. The third-order valence-corrected chi connectivity index (χ3v) is 6.76. The summed E-state index contributed by atoms with van der Waals surface area (Å²) in [4.78, 5) is 23.0. The lowest BCUT2D eigenvalue weighted by Gasteiger charge is -2.20. The van der Waals surface area contributed by atoms with Crippen molar-refractivity contribution in [3.8, 4) is 0 Å². The smallest absolute Gasteiger partial charge is 0.271 e. The lowest BCUT2D eigenvalue weighted by Crippen LogP contribution is -2.32. The Morgan fingerprint density at radius 2 is 1.72 bits per heavy atom. The number of sulfonamides is 1. The van der Waals surface area contributed by atoms with Crippen LogP contribution in [0.3, 0.4) is 0 Å². The van der Waals surface area contributed by atoms with Crippen LogP contribution in [0.25, 0.3) is 0 Å². The summed E-state index contributed by atoms with van der Waals surface area (Å²) in [5, 5.41) is 13.7. The van der Waals surface area contributed by atoms with Crippen LogP contribution in [0.4, 0.5) is 11.4 Å². The normalized spacial score (nSPS) is 15.4. The minimum Gasteiger partial charge on any atom is -0.377 e. The molecule has 0 spiro atoms. The fourth-order valence-electron chi connectivity index (χ4n) is 3.27. The zero-order valence-electron chi connectivity index (χ0n) is 15.9. The molecule has 29 heavy (non-hydrogen) atoms. The van der Waals surface area contributed by atoms with Crippen molar-refractivity contribution in [2.75, 3.05) is 25.0 Å². The van der Waals surface area contributed by atoms with Crippen molar-refractivity contribution >= 4 is 27.2 Å². The molecule has 3 rings (SSSR count). The van der Waals surface area contributed by atoms with Gasteiger partial charge in [0.25, 0.3) is 5.69 Å². The fourth-order valence-corrected chi connectivity index (χ4v) is 4.84. The Kier molecular flexibility index (Phi) is 6.60. The number of non-ortho nitro benzene ring substituents is 1. The van der Waals surface area contributed by atoms with Gasteiger partial charge in [0.2, 0.25) is 10.0 Å². The molecule has 0 amide bonds. The van der Waals surface area contributed by atoms with Gasteiger partial charge in [-0.05, 0) is 31.0 Å². The van der Waals surface area contributed by atoms with Crippen LogP contribution in [0.2, 0.25) is 0 Å². The van der Waals surface area contributed by atoms with Gasteiger partial charge < -0.3 is 5.32 Å². The number of nitro benzene ring substituents is 1. The average Bonchev–Trinajstić information content (AvgIpc) is 3.02. The SMILES string of the molecule is O=C(CNc1cccc([N+](=O)[O-])c1)c1cccc(S(=O)(=O)N2CCCCCC2)c1.